The van der Waals surface area contributed by atoms with E-state index in [2.05, 4.69) is 10.3 Å². The molecule has 1 aromatic heterocycles. The zero-order valence-electron chi connectivity index (χ0n) is 16.9. The number of ketones is 1. The van der Waals surface area contributed by atoms with Gasteiger partial charge in [-0.2, -0.15) is 0 Å². The van der Waals surface area contributed by atoms with Gasteiger partial charge in [0.15, 0.2) is 5.78 Å². The summed E-state index contributed by atoms with van der Waals surface area (Å²) in [7, 11) is 0. The zero-order chi connectivity index (χ0) is 21.5. The predicted molar refractivity (Wildman–Crippen MR) is 122 cm³/mol. The van der Waals surface area contributed by atoms with Gasteiger partial charge in [0, 0.05) is 22.5 Å². The first-order valence-corrected chi connectivity index (χ1v) is 10.1. The van der Waals surface area contributed by atoms with Gasteiger partial charge in [0.25, 0.3) is 0 Å². The fraction of sp³-hybridized carbons (Fsp3) is 0.160. The maximum Gasteiger partial charge on any atom is 0.232 e. The fourth-order valence-corrected chi connectivity index (χ4v) is 3.30. The minimum Gasteiger partial charge on any atom is -0.326 e. The van der Waals surface area contributed by atoms with Crippen LogP contribution in [0.4, 0.5) is 5.69 Å². The number of anilines is 1. The van der Waals surface area contributed by atoms with Crippen LogP contribution in [0.15, 0.2) is 79.0 Å². The lowest BCUT2D eigenvalue weighted by atomic mass is 9.87. The standard InChI is InChI=1S/C25H23ClN2O2/c1-17(2)24(19-6-10-20(26)11-7-19)25(30)28-22-12-8-18(9-13-22)23(29)15-14-21-5-3-4-16-27-21/h3-17,24H,1-2H3,(H,28,30). The van der Waals surface area contributed by atoms with Crippen LogP contribution in [-0.2, 0) is 4.79 Å². The second-order valence-corrected chi connectivity index (χ2v) is 7.73. The topological polar surface area (TPSA) is 59.1 Å². The van der Waals surface area contributed by atoms with Crippen molar-refractivity contribution < 1.29 is 9.59 Å². The molecule has 1 unspecified atom stereocenters. The average molecular weight is 419 g/mol. The molecule has 0 aliphatic heterocycles. The maximum absolute atomic E-state index is 12.9. The summed E-state index contributed by atoms with van der Waals surface area (Å²) in [5, 5.41) is 3.59. The number of carbonyl (C=O) groups excluding carboxylic acids is 2. The van der Waals surface area contributed by atoms with Crippen molar-refractivity contribution in [1.29, 1.82) is 0 Å². The van der Waals surface area contributed by atoms with Crippen molar-refractivity contribution in [3.8, 4) is 0 Å². The third-order valence-corrected chi connectivity index (χ3v) is 4.96. The highest BCUT2D eigenvalue weighted by molar-refractivity contribution is 6.30. The van der Waals surface area contributed by atoms with Crippen LogP contribution >= 0.6 is 11.6 Å². The Balaban J connectivity index is 1.68. The summed E-state index contributed by atoms with van der Waals surface area (Å²) in [6, 6.07) is 19.7. The first kappa shape index (κ1) is 21.5. The van der Waals surface area contributed by atoms with E-state index in [1.807, 2.05) is 44.2 Å². The lowest BCUT2D eigenvalue weighted by Gasteiger charge is -2.21. The first-order chi connectivity index (χ1) is 14.4. The van der Waals surface area contributed by atoms with E-state index in [1.165, 1.54) is 6.08 Å². The molecular weight excluding hydrogens is 396 g/mol. The van der Waals surface area contributed by atoms with Crippen LogP contribution in [0.1, 0.15) is 41.4 Å². The molecule has 0 aliphatic carbocycles. The van der Waals surface area contributed by atoms with Crippen molar-refractivity contribution in [3.63, 3.8) is 0 Å². The third kappa shape index (κ3) is 5.65. The molecular formula is C25H23ClN2O2. The Morgan fingerprint density at radius 3 is 2.27 bits per heavy atom. The molecule has 5 heteroatoms. The molecule has 0 bridgehead atoms. The number of hydrogen-bond donors (Lipinski definition) is 1. The Morgan fingerprint density at radius 1 is 0.967 bits per heavy atom. The molecule has 1 amide bonds. The number of allylic oxidation sites excluding steroid dienone is 1. The van der Waals surface area contributed by atoms with Crippen LogP contribution in [0.5, 0.6) is 0 Å². The number of carbonyl (C=O) groups is 2. The van der Waals surface area contributed by atoms with Crippen LogP contribution < -0.4 is 5.32 Å². The summed E-state index contributed by atoms with van der Waals surface area (Å²) in [6.07, 6.45) is 4.85. The molecule has 152 valence electrons. The molecule has 1 atom stereocenters. The normalized spacial score (nSPS) is 12.1. The van der Waals surface area contributed by atoms with Gasteiger partial charge in [-0.1, -0.05) is 43.6 Å². The number of nitrogens with zero attached hydrogens (tertiary/aromatic N) is 1. The summed E-state index contributed by atoms with van der Waals surface area (Å²) >= 11 is 5.97. The summed E-state index contributed by atoms with van der Waals surface area (Å²) in [5.74, 6) is -0.408. The highest BCUT2D eigenvalue weighted by Crippen LogP contribution is 2.27. The van der Waals surface area contributed by atoms with Gasteiger partial charge in [-0.3, -0.25) is 14.6 Å². The number of halogens is 1. The maximum atomic E-state index is 12.9. The SMILES string of the molecule is CC(C)C(C(=O)Nc1ccc(C(=O)C=Cc2ccccn2)cc1)c1ccc(Cl)cc1. The second kappa shape index (κ2) is 9.99. The molecule has 30 heavy (non-hydrogen) atoms. The molecule has 3 rings (SSSR count). The van der Waals surface area contributed by atoms with Crippen molar-refractivity contribution in [2.24, 2.45) is 5.92 Å². The van der Waals surface area contributed by atoms with E-state index in [0.29, 0.717) is 16.3 Å². The monoisotopic (exact) mass is 418 g/mol. The number of pyridine rings is 1. The fourth-order valence-electron chi connectivity index (χ4n) is 3.18. The summed E-state index contributed by atoms with van der Waals surface area (Å²) in [5.41, 5.74) is 2.82. The van der Waals surface area contributed by atoms with Crippen molar-refractivity contribution >= 4 is 35.1 Å². The van der Waals surface area contributed by atoms with Crippen molar-refractivity contribution in [3.05, 3.63) is 101 Å². The smallest absolute Gasteiger partial charge is 0.232 e. The Bertz CT molecular complexity index is 1030. The molecule has 1 N–H and O–H groups in total. The first-order valence-electron chi connectivity index (χ1n) is 9.74. The van der Waals surface area contributed by atoms with Crippen molar-refractivity contribution in [2.75, 3.05) is 5.32 Å². The highest BCUT2D eigenvalue weighted by atomic mass is 35.5. The van der Waals surface area contributed by atoms with Crippen LogP contribution in [0, 0.1) is 5.92 Å². The van der Waals surface area contributed by atoms with E-state index < -0.39 is 0 Å². The van der Waals surface area contributed by atoms with E-state index in [4.69, 9.17) is 11.6 Å². The molecule has 0 radical (unpaired) electrons. The van der Waals surface area contributed by atoms with Gasteiger partial charge in [0.2, 0.25) is 5.91 Å². The minimum atomic E-state index is -0.301. The third-order valence-electron chi connectivity index (χ3n) is 4.71. The number of rotatable bonds is 7. The van der Waals surface area contributed by atoms with Crippen LogP contribution in [0.3, 0.4) is 0 Å². The zero-order valence-corrected chi connectivity index (χ0v) is 17.6. The van der Waals surface area contributed by atoms with Crippen molar-refractivity contribution in [2.45, 2.75) is 19.8 Å². The van der Waals surface area contributed by atoms with Crippen molar-refractivity contribution in [1.82, 2.24) is 4.98 Å². The average Bonchev–Trinajstić information content (AvgIpc) is 2.74. The van der Waals surface area contributed by atoms with Gasteiger partial charge in [0.1, 0.15) is 0 Å². The molecule has 4 nitrogen and oxygen atoms in total. The van der Waals surface area contributed by atoms with E-state index in [9.17, 15) is 9.59 Å². The molecule has 0 aliphatic rings. The predicted octanol–water partition coefficient (Wildman–Crippen LogP) is 6.01. The van der Waals surface area contributed by atoms with Gasteiger partial charge in [-0.15, -0.1) is 0 Å². The van der Waals surface area contributed by atoms with Gasteiger partial charge < -0.3 is 5.32 Å². The summed E-state index contributed by atoms with van der Waals surface area (Å²) < 4.78 is 0. The largest absolute Gasteiger partial charge is 0.326 e. The Hall–Kier alpha value is -3.24. The lowest BCUT2D eigenvalue weighted by molar-refractivity contribution is -0.118. The van der Waals surface area contributed by atoms with Gasteiger partial charge >= 0.3 is 0 Å². The Morgan fingerprint density at radius 2 is 1.67 bits per heavy atom. The Kier molecular flexibility index (Phi) is 7.15. The highest BCUT2D eigenvalue weighted by Gasteiger charge is 2.24. The number of aromatic nitrogens is 1. The minimum absolute atomic E-state index is 0.0959. The summed E-state index contributed by atoms with van der Waals surface area (Å²) in [4.78, 5) is 29.4. The molecule has 0 spiro atoms. The van der Waals surface area contributed by atoms with Crippen LogP contribution in [-0.4, -0.2) is 16.7 Å². The van der Waals surface area contributed by atoms with E-state index in [0.717, 1.165) is 11.3 Å². The van der Waals surface area contributed by atoms with Crippen LogP contribution in [0.2, 0.25) is 5.02 Å². The van der Waals surface area contributed by atoms with E-state index in [1.54, 1.807) is 48.7 Å². The molecule has 0 saturated heterocycles. The van der Waals surface area contributed by atoms with E-state index in [-0.39, 0.29) is 23.5 Å². The number of benzene rings is 2. The number of hydrogen-bond acceptors (Lipinski definition) is 3. The molecule has 3 aromatic rings. The van der Waals surface area contributed by atoms with Gasteiger partial charge in [-0.25, -0.2) is 0 Å². The molecule has 2 aromatic carbocycles. The molecule has 1 heterocycles. The summed E-state index contributed by atoms with van der Waals surface area (Å²) in [6.45, 7) is 4.02. The lowest BCUT2D eigenvalue weighted by Crippen LogP contribution is -2.25. The van der Waals surface area contributed by atoms with E-state index >= 15 is 0 Å². The quantitative estimate of drug-likeness (QED) is 0.377. The van der Waals surface area contributed by atoms with Gasteiger partial charge in [-0.05, 0) is 72.2 Å². The second-order valence-electron chi connectivity index (χ2n) is 7.29. The number of amides is 1. The molecule has 0 fully saturated rings. The van der Waals surface area contributed by atoms with Crippen LogP contribution in [0.25, 0.3) is 6.08 Å². The Labute approximate surface area is 181 Å². The molecule has 0 saturated carbocycles. The number of nitrogens with one attached hydrogen (secondary N) is 1. The van der Waals surface area contributed by atoms with Gasteiger partial charge in [0.05, 0.1) is 11.6 Å².